The molecule has 1 amide bonds. The minimum Gasteiger partial charge on any atom is -0.341 e. The van der Waals surface area contributed by atoms with Crippen molar-refractivity contribution in [2.75, 3.05) is 13.1 Å². The van der Waals surface area contributed by atoms with Crippen molar-refractivity contribution in [3.8, 4) is 0 Å². The molecule has 1 fully saturated rings. The number of amides is 1. The number of aryl methyl sites for hydroxylation is 1. The summed E-state index contributed by atoms with van der Waals surface area (Å²) in [4.78, 5) is 29.3. The molecule has 4 rings (SSSR count). The number of thiophene rings is 1. The molecule has 0 saturated carbocycles. The second-order valence-electron chi connectivity index (χ2n) is 7.65. The van der Waals surface area contributed by atoms with Crippen LogP contribution in [0.5, 0.6) is 0 Å². The summed E-state index contributed by atoms with van der Waals surface area (Å²) >= 11 is 1.59. The third-order valence-electron chi connectivity index (χ3n) is 5.61. The molecule has 2 aromatic heterocycles. The third-order valence-corrected chi connectivity index (χ3v) is 6.74. The molecule has 2 aliphatic rings. The summed E-state index contributed by atoms with van der Waals surface area (Å²) in [5.74, 6) is 1.29. The Hall–Kier alpha value is -1.76. The summed E-state index contributed by atoms with van der Waals surface area (Å²) in [7, 11) is 0. The molecule has 0 N–H and O–H groups in total. The average Bonchev–Trinajstić information content (AvgIpc) is 2.96. The Bertz CT molecular complexity index is 864. The number of fused-ring (bicyclic) bond motifs is 3. The van der Waals surface area contributed by atoms with Gasteiger partial charge in [0.2, 0.25) is 5.91 Å². The lowest BCUT2D eigenvalue weighted by Gasteiger charge is -2.30. The Morgan fingerprint density at radius 2 is 1.96 bits per heavy atom. The largest absolute Gasteiger partial charge is 0.341 e. The standard InChI is InChI=1S/C18H24N4O2S/c1-11-5-7-21(8-6-11)15(23)10-22-18(24)16-13-4-3-12(2)9-14(13)25-17(16)19-20-22/h11-12H,3-10H2,1-2H3/t12-/m0/s1. The number of hydrogen-bond donors (Lipinski definition) is 0. The van der Waals surface area contributed by atoms with E-state index < -0.39 is 0 Å². The Morgan fingerprint density at radius 3 is 2.72 bits per heavy atom. The van der Waals surface area contributed by atoms with Crippen LogP contribution in [0.15, 0.2) is 4.79 Å². The van der Waals surface area contributed by atoms with E-state index in [-0.39, 0.29) is 18.0 Å². The minimum absolute atomic E-state index is 0.00280. The van der Waals surface area contributed by atoms with Crippen LogP contribution in [-0.2, 0) is 24.2 Å². The molecule has 25 heavy (non-hydrogen) atoms. The van der Waals surface area contributed by atoms with Crippen molar-refractivity contribution in [1.29, 1.82) is 0 Å². The number of likely N-dealkylation sites (tertiary alicyclic amines) is 1. The van der Waals surface area contributed by atoms with Gasteiger partial charge in [0.1, 0.15) is 6.54 Å². The maximum absolute atomic E-state index is 12.9. The van der Waals surface area contributed by atoms with Crippen molar-refractivity contribution in [3.63, 3.8) is 0 Å². The van der Waals surface area contributed by atoms with Crippen LogP contribution in [0.4, 0.5) is 0 Å². The van der Waals surface area contributed by atoms with Crippen molar-refractivity contribution >= 4 is 27.5 Å². The van der Waals surface area contributed by atoms with Crippen LogP contribution in [0.2, 0.25) is 0 Å². The predicted octanol–water partition coefficient (Wildman–Crippen LogP) is 2.24. The first kappa shape index (κ1) is 16.7. The molecule has 134 valence electrons. The van der Waals surface area contributed by atoms with Gasteiger partial charge in [-0.25, -0.2) is 4.68 Å². The van der Waals surface area contributed by atoms with E-state index >= 15 is 0 Å². The number of aromatic nitrogens is 3. The SMILES string of the molecule is CC1CCN(C(=O)Cn2nnc3sc4c(c3c2=O)CC[C@H](C)C4)CC1. The quantitative estimate of drug-likeness (QED) is 0.824. The van der Waals surface area contributed by atoms with Crippen molar-refractivity contribution in [1.82, 2.24) is 19.9 Å². The van der Waals surface area contributed by atoms with E-state index in [1.165, 1.54) is 9.56 Å². The van der Waals surface area contributed by atoms with Gasteiger partial charge in [-0.3, -0.25) is 9.59 Å². The van der Waals surface area contributed by atoms with Gasteiger partial charge in [0.25, 0.3) is 5.56 Å². The van der Waals surface area contributed by atoms with Gasteiger partial charge >= 0.3 is 0 Å². The van der Waals surface area contributed by atoms with Gasteiger partial charge < -0.3 is 4.90 Å². The highest BCUT2D eigenvalue weighted by molar-refractivity contribution is 7.18. The Kier molecular flexibility index (Phi) is 4.35. The van der Waals surface area contributed by atoms with E-state index in [9.17, 15) is 9.59 Å². The number of carbonyl (C=O) groups is 1. The fourth-order valence-electron chi connectivity index (χ4n) is 3.88. The summed E-state index contributed by atoms with van der Waals surface area (Å²) in [5, 5.41) is 8.98. The van der Waals surface area contributed by atoms with Crippen LogP contribution in [0.1, 0.15) is 43.6 Å². The van der Waals surface area contributed by atoms with Crippen molar-refractivity contribution in [2.45, 2.75) is 52.5 Å². The lowest BCUT2D eigenvalue weighted by Crippen LogP contribution is -2.41. The molecule has 2 aromatic rings. The lowest BCUT2D eigenvalue weighted by atomic mass is 9.89. The molecule has 0 unspecified atom stereocenters. The van der Waals surface area contributed by atoms with Crippen molar-refractivity contribution < 1.29 is 4.79 Å². The zero-order valence-corrected chi connectivity index (χ0v) is 15.6. The van der Waals surface area contributed by atoms with E-state index in [1.807, 2.05) is 4.90 Å². The average molecular weight is 360 g/mol. The summed E-state index contributed by atoms with van der Waals surface area (Å²) in [6.45, 7) is 6.01. The minimum atomic E-state index is -0.157. The molecule has 7 heteroatoms. The first-order valence-corrected chi connectivity index (χ1v) is 10.0. The molecule has 0 bridgehead atoms. The molecule has 0 spiro atoms. The van der Waals surface area contributed by atoms with E-state index in [4.69, 9.17) is 0 Å². The van der Waals surface area contributed by atoms with Crippen LogP contribution in [0, 0.1) is 11.8 Å². The molecule has 0 radical (unpaired) electrons. The topological polar surface area (TPSA) is 68.1 Å². The number of piperidine rings is 1. The van der Waals surface area contributed by atoms with Crippen LogP contribution in [0.3, 0.4) is 0 Å². The second kappa shape index (κ2) is 6.52. The highest BCUT2D eigenvalue weighted by Crippen LogP contribution is 2.35. The molecule has 1 aliphatic heterocycles. The predicted molar refractivity (Wildman–Crippen MR) is 97.8 cm³/mol. The summed E-state index contributed by atoms with van der Waals surface area (Å²) in [6.07, 6.45) is 5.10. The summed E-state index contributed by atoms with van der Waals surface area (Å²) in [5.41, 5.74) is 0.988. The van der Waals surface area contributed by atoms with E-state index in [0.29, 0.717) is 17.2 Å². The van der Waals surface area contributed by atoms with Gasteiger partial charge in [0, 0.05) is 18.0 Å². The third kappa shape index (κ3) is 3.10. The van der Waals surface area contributed by atoms with Gasteiger partial charge in [0.05, 0.1) is 5.39 Å². The molecule has 0 aromatic carbocycles. The summed E-state index contributed by atoms with van der Waals surface area (Å²) < 4.78 is 1.26. The molecule has 3 heterocycles. The normalized spacial score (nSPS) is 21.5. The lowest BCUT2D eigenvalue weighted by molar-refractivity contribution is -0.133. The highest BCUT2D eigenvalue weighted by Gasteiger charge is 2.25. The Morgan fingerprint density at radius 1 is 1.20 bits per heavy atom. The number of hydrogen-bond acceptors (Lipinski definition) is 5. The number of carbonyl (C=O) groups excluding carboxylic acids is 1. The molecular weight excluding hydrogens is 336 g/mol. The molecule has 1 aliphatic carbocycles. The van der Waals surface area contributed by atoms with Gasteiger partial charge in [-0.2, -0.15) is 0 Å². The van der Waals surface area contributed by atoms with Gasteiger partial charge in [0.15, 0.2) is 4.83 Å². The number of nitrogens with zero attached hydrogens (tertiary/aromatic N) is 4. The Balaban J connectivity index is 1.61. The van der Waals surface area contributed by atoms with Gasteiger partial charge in [-0.1, -0.05) is 19.1 Å². The van der Waals surface area contributed by atoms with Crippen LogP contribution in [-0.4, -0.2) is 38.9 Å². The first-order valence-electron chi connectivity index (χ1n) is 9.18. The highest BCUT2D eigenvalue weighted by atomic mass is 32.1. The fraction of sp³-hybridized carbons (Fsp3) is 0.667. The monoisotopic (exact) mass is 360 g/mol. The van der Waals surface area contributed by atoms with Crippen molar-refractivity contribution in [3.05, 3.63) is 20.8 Å². The molecule has 1 saturated heterocycles. The zero-order valence-electron chi connectivity index (χ0n) is 14.8. The van der Waals surface area contributed by atoms with Gasteiger partial charge in [-0.15, -0.1) is 16.4 Å². The molecule has 6 nitrogen and oxygen atoms in total. The van der Waals surface area contributed by atoms with E-state index in [0.717, 1.165) is 55.6 Å². The zero-order chi connectivity index (χ0) is 17.6. The first-order chi connectivity index (χ1) is 12.0. The smallest absolute Gasteiger partial charge is 0.279 e. The van der Waals surface area contributed by atoms with Crippen LogP contribution in [0.25, 0.3) is 10.2 Å². The maximum Gasteiger partial charge on any atom is 0.279 e. The van der Waals surface area contributed by atoms with E-state index in [2.05, 4.69) is 24.2 Å². The van der Waals surface area contributed by atoms with E-state index in [1.54, 1.807) is 11.3 Å². The fourth-order valence-corrected chi connectivity index (χ4v) is 5.20. The number of rotatable bonds is 2. The van der Waals surface area contributed by atoms with Crippen LogP contribution >= 0.6 is 11.3 Å². The summed E-state index contributed by atoms with van der Waals surface area (Å²) in [6, 6.07) is 0. The van der Waals surface area contributed by atoms with Crippen molar-refractivity contribution in [2.24, 2.45) is 11.8 Å². The molecule has 1 atom stereocenters. The Labute approximate surface area is 150 Å². The maximum atomic E-state index is 12.9. The van der Waals surface area contributed by atoms with Gasteiger partial charge in [-0.05, 0) is 49.5 Å². The van der Waals surface area contributed by atoms with Crippen LogP contribution < -0.4 is 5.56 Å². The second-order valence-corrected chi connectivity index (χ2v) is 8.73. The molecular formula is C18H24N4O2S.